The van der Waals surface area contributed by atoms with Gasteiger partial charge in [-0.25, -0.2) is 13.4 Å². The van der Waals surface area contributed by atoms with Crippen molar-refractivity contribution in [1.82, 2.24) is 14.3 Å². The van der Waals surface area contributed by atoms with Crippen molar-refractivity contribution in [3.05, 3.63) is 12.5 Å². The second-order valence-electron chi connectivity index (χ2n) is 3.33. The molecule has 15 heavy (non-hydrogen) atoms. The van der Waals surface area contributed by atoms with E-state index in [1.165, 1.54) is 30.9 Å². The summed E-state index contributed by atoms with van der Waals surface area (Å²) < 4.78 is 27.0. The third kappa shape index (κ3) is 2.87. The normalized spacial score (nSPS) is 13.8. The second kappa shape index (κ2) is 4.11. The van der Waals surface area contributed by atoms with E-state index in [0.717, 1.165) is 0 Å². The number of nitrogens with zero attached hydrogens (tertiary/aromatic N) is 2. The number of carbonyl (C=O) groups excluding carboxylic acids is 1. The molecule has 0 aliphatic carbocycles. The maximum absolute atomic E-state index is 11.6. The molecule has 1 atom stereocenters. The van der Waals surface area contributed by atoms with Gasteiger partial charge in [0.15, 0.2) is 5.03 Å². The smallest absolute Gasteiger partial charge is 0.260 e. The summed E-state index contributed by atoms with van der Waals surface area (Å²) in [7, 11) is -2.02. The maximum Gasteiger partial charge on any atom is 0.260 e. The molecule has 0 bridgehead atoms. The van der Waals surface area contributed by atoms with Crippen LogP contribution in [0.25, 0.3) is 0 Å². The first-order valence-corrected chi connectivity index (χ1v) is 5.82. The summed E-state index contributed by atoms with van der Waals surface area (Å²) in [6.45, 7) is 2.81. The van der Waals surface area contributed by atoms with Gasteiger partial charge in [0.2, 0.25) is 0 Å². The number of aryl methyl sites for hydroxylation is 1. The summed E-state index contributed by atoms with van der Waals surface area (Å²) in [6.07, 6.45) is 2.75. The molecule has 1 N–H and O–H groups in total. The minimum Gasteiger partial charge on any atom is -0.339 e. The fraction of sp³-hybridized carbons (Fsp3) is 0.500. The number of carbonyl (C=O) groups is 1. The molecule has 84 valence electrons. The van der Waals surface area contributed by atoms with Crippen LogP contribution in [0.4, 0.5) is 0 Å². The van der Waals surface area contributed by atoms with Gasteiger partial charge in [-0.1, -0.05) is 0 Å². The van der Waals surface area contributed by atoms with Gasteiger partial charge in [-0.05, 0) is 13.8 Å². The lowest BCUT2D eigenvalue weighted by molar-refractivity contribution is -0.118. The van der Waals surface area contributed by atoms with Gasteiger partial charge in [0.25, 0.3) is 10.0 Å². The third-order valence-electron chi connectivity index (χ3n) is 1.90. The van der Waals surface area contributed by atoms with Crippen LogP contribution < -0.4 is 4.72 Å². The number of aromatic nitrogens is 2. The van der Waals surface area contributed by atoms with Crippen LogP contribution >= 0.6 is 0 Å². The van der Waals surface area contributed by atoms with Crippen LogP contribution in [0.3, 0.4) is 0 Å². The van der Waals surface area contributed by atoms with Gasteiger partial charge in [0.1, 0.15) is 5.78 Å². The number of hydrogen-bond donors (Lipinski definition) is 1. The summed E-state index contributed by atoms with van der Waals surface area (Å²) in [5.41, 5.74) is 0. The van der Waals surface area contributed by atoms with Gasteiger partial charge in [0.05, 0.1) is 12.4 Å². The SMILES string of the molecule is CC(=O)C(C)NS(=O)(=O)c1cn(C)cn1. The highest BCUT2D eigenvalue weighted by Gasteiger charge is 2.21. The monoisotopic (exact) mass is 231 g/mol. The largest absolute Gasteiger partial charge is 0.339 e. The maximum atomic E-state index is 11.6. The predicted molar refractivity (Wildman–Crippen MR) is 53.7 cm³/mol. The summed E-state index contributed by atoms with van der Waals surface area (Å²) in [4.78, 5) is 14.6. The van der Waals surface area contributed by atoms with E-state index >= 15 is 0 Å². The van der Waals surface area contributed by atoms with E-state index < -0.39 is 16.1 Å². The first kappa shape index (κ1) is 11.9. The van der Waals surface area contributed by atoms with E-state index in [-0.39, 0.29) is 10.8 Å². The number of ketones is 1. The average molecular weight is 231 g/mol. The van der Waals surface area contributed by atoms with Crippen molar-refractivity contribution in [3.8, 4) is 0 Å². The highest BCUT2D eigenvalue weighted by molar-refractivity contribution is 7.89. The Balaban J connectivity index is 2.90. The molecule has 1 heterocycles. The summed E-state index contributed by atoms with van der Waals surface area (Å²) in [6, 6.07) is -0.739. The van der Waals surface area contributed by atoms with Crippen LogP contribution in [0, 0.1) is 0 Å². The summed E-state index contributed by atoms with van der Waals surface area (Å²) in [5.74, 6) is -0.241. The Bertz CT molecular complexity index is 463. The Morgan fingerprint density at radius 3 is 2.60 bits per heavy atom. The van der Waals surface area contributed by atoms with E-state index in [9.17, 15) is 13.2 Å². The van der Waals surface area contributed by atoms with Crippen LogP contribution in [-0.2, 0) is 21.9 Å². The molecule has 0 spiro atoms. The zero-order valence-corrected chi connectivity index (χ0v) is 9.58. The minimum atomic E-state index is -3.69. The molecule has 0 saturated carbocycles. The first-order chi connectivity index (χ1) is 6.83. The van der Waals surface area contributed by atoms with Gasteiger partial charge in [0, 0.05) is 13.2 Å². The Labute approximate surface area is 88.4 Å². The second-order valence-corrected chi connectivity index (χ2v) is 4.99. The molecule has 7 heteroatoms. The molecule has 1 aromatic rings. The Morgan fingerprint density at radius 2 is 2.20 bits per heavy atom. The van der Waals surface area contributed by atoms with Crippen LogP contribution in [0.1, 0.15) is 13.8 Å². The molecule has 0 amide bonds. The molecule has 6 nitrogen and oxygen atoms in total. The molecule has 0 fully saturated rings. The molecule has 0 radical (unpaired) electrons. The number of sulfonamides is 1. The number of Topliss-reactive ketones (excluding diaryl/α,β-unsaturated/α-hetero) is 1. The van der Waals surface area contributed by atoms with E-state index in [4.69, 9.17) is 0 Å². The van der Waals surface area contributed by atoms with Crippen LogP contribution in [-0.4, -0.2) is 29.8 Å². The first-order valence-electron chi connectivity index (χ1n) is 4.33. The van der Waals surface area contributed by atoms with Crippen LogP contribution in [0.2, 0.25) is 0 Å². The molecule has 0 saturated heterocycles. The van der Waals surface area contributed by atoms with E-state index in [2.05, 4.69) is 9.71 Å². The molecule has 1 unspecified atom stereocenters. The standard InChI is InChI=1S/C8H13N3O3S/c1-6(7(2)12)10-15(13,14)8-4-11(3)5-9-8/h4-6,10H,1-3H3. The van der Waals surface area contributed by atoms with Gasteiger partial charge in [-0.15, -0.1) is 0 Å². The van der Waals surface area contributed by atoms with Crippen molar-refractivity contribution < 1.29 is 13.2 Å². The Morgan fingerprint density at radius 1 is 1.60 bits per heavy atom. The molecule has 0 aliphatic heterocycles. The van der Waals surface area contributed by atoms with Gasteiger partial charge in [-0.2, -0.15) is 4.72 Å². The zero-order valence-electron chi connectivity index (χ0n) is 8.76. The molecular weight excluding hydrogens is 218 g/mol. The van der Waals surface area contributed by atoms with Crippen molar-refractivity contribution in [2.24, 2.45) is 7.05 Å². The zero-order chi connectivity index (χ0) is 11.6. The van der Waals surface area contributed by atoms with Crippen molar-refractivity contribution in [1.29, 1.82) is 0 Å². The third-order valence-corrected chi connectivity index (χ3v) is 3.32. The summed E-state index contributed by atoms with van der Waals surface area (Å²) in [5, 5.41) is -0.0851. The van der Waals surface area contributed by atoms with Crippen molar-refractivity contribution in [2.45, 2.75) is 24.9 Å². The number of nitrogens with one attached hydrogen (secondary N) is 1. The van der Waals surface area contributed by atoms with Gasteiger partial charge in [-0.3, -0.25) is 4.79 Å². The van der Waals surface area contributed by atoms with E-state index in [1.54, 1.807) is 7.05 Å². The highest BCUT2D eigenvalue weighted by atomic mass is 32.2. The number of imidazole rings is 1. The topological polar surface area (TPSA) is 81.1 Å². The van der Waals surface area contributed by atoms with E-state index in [0.29, 0.717) is 0 Å². The molecular formula is C8H13N3O3S. The van der Waals surface area contributed by atoms with Crippen molar-refractivity contribution >= 4 is 15.8 Å². The number of hydrogen-bond acceptors (Lipinski definition) is 4. The lowest BCUT2D eigenvalue weighted by atomic mass is 10.3. The van der Waals surface area contributed by atoms with Crippen molar-refractivity contribution in [3.63, 3.8) is 0 Å². The van der Waals surface area contributed by atoms with Crippen LogP contribution in [0.5, 0.6) is 0 Å². The Kier molecular flexibility index (Phi) is 3.25. The number of rotatable bonds is 4. The fourth-order valence-electron chi connectivity index (χ4n) is 0.904. The molecule has 0 aromatic carbocycles. The lowest BCUT2D eigenvalue weighted by Crippen LogP contribution is -2.37. The molecule has 0 aliphatic rings. The van der Waals surface area contributed by atoms with Crippen LogP contribution in [0.15, 0.2) is 17.6 Å². The van der Waals surface area contributed by atoms with Gasteiger partial charge < -0.3 is 4.57 Å². The summed E-state index contributed by atoms with van der Waals surface area (Å²) >= 11 is 0. The lowest BCUT2D eigenvalue weighted by Gasteiger charge is -2.08. The van der Waals surface area contributed by atoms with Crippen molar-refractivity contribution in [2.75, 3.05) is 0 Å². The quantitative estimate of drug-likeness (QED) is 0.769. The van der Waals surface area contributed by atoms with Gasteiger partial charge >= 0.3 is 0 Å². The predicted octanol–water partition coefficient (Wildman–Crippen LogP) is -0.324. The van der Waals surface area contributed by atoms with E-state index in [1.807, 2.05) is 0 Å². The highest BCUT2D eigenvalue weighted by Crippen LogP contribution is 2.04. The fourth-order valence-corrected chi connectivity index (χ4v) is 2.15. The average Bonchev–Trinajstić information content (AvgIpc) is 2.51. The Hall–Kier alpha value is -1.21. The minimum absolute atomic E-state index is 0.0851. The molecule has 1 rings (SSSR count). The molecule has 1 aromatic heterocycles.